The molecule has 2 aromatic heterocycles. The fraction of sp³-hybridized carbons (Fsp3) is 0.160. The second-order valence-corrected chi connectivity index (χ2v) is 10.4. The number of hydrogen-bond acceptors (Lipinski definition) is 5. The average molecular weight is 493 g/mol. The fourth-order valence-electron chi connectivity index (χ4n) is 4.04. The van der Waals surface area contributed by atoms with E-state index in [4.69, 9.17) is 11.6 Å². The van der Waals surface area contributed by atoms with Crippen LogP contribution in [0.1, 0.15) is 23.2 Å². The van der Waals surface area contributed by atoms with E-state index in [1.54, 1.807) is 48.8 Å². The van der Waals surface area contributed by atoms with Crippen molar-refractivity contribution >= 4 is 44.1 Å². The zero-order valence-electron chi connectivity index (χ0n) is 18.1. The van der Waals surface area contributed by atoms with Gasteiger partial charge in [0.05, 0.1) is 21.7 Å². The molecular formula is C25H21ClN4O3S. The highest BCUT2D eigenvalue weighted by Crippen LogP contribution is 2.28. The van der Waals surface area contributed by atoms with Gasteiger partial charge in [-0.1, -0.05) is 11.6 Å². The van der Waals surface area contributed by atoms with Gasteiger partial charge in [-0.05, 0) is 73.5 Å². The highest BCUT2D eigenvalue weighted by Gasteiger charge is 2.27. The van der Waals surface area contributed by atoms with Crippen molar-refractivity contribution < 1.29 is 13.2 Å². The first-order valence-electron chi connectivity index (χ1n) is 10.8. The quantitative estimate of drug-likeness (QED) is 0.424. The Morgan fingerprint density at radius 3 is 2.35 bits per heavy atom. The molecule has 1 aliphatic rings. The summed E-state index contributed by atoms with van der Waals surface area (Å²) in [5.74, 6) is -0.347. The van der Waals surface area contributed by atoms with Crippen molar-refractivity contribution in [2.45, 2.75) is 17.7 Å². The summed E-state index contributed by atoms with van der Waals surface area (Å²) in [5.41, 5.74) is 3.00. The number of hydrogen-bond donors (Lipinski definition) is 1. The van der Waals surface area contributed by atoms with E-state index in [-0.39, 0.29) is 10.8 Å². The smallest absolute Gasteiger partial charge is 0.256 e. The van der Waals surface area contributed by atoms with Crippen LogP contribution in [0.3, 0.4) is 0 Å². The van der Waals surface area contributed by atoms with Crippen molar-refractivity contribution in [3.8, 4) is 11.3 Å². The summed E-state index contributed by atoms with van der Waals surface area (Å²) in [5, 5.41) is 3.98. The van der Waals surface area contributed by atoms with Crippen LogP contribution in [-0.2, 0) is 10.0 Å². The number of nitrogens with one attached hydrogen (secondary N) is 1. The molecule has 0 atom stereocenters. The third kappa shape index (κ3) is 4.40. The van der Waals surface area contributed by atoms with Gasteiger partial charge in [-0.2, -0.15) is 4.31 Å². The first-order valence-corrected chi connectivity index (χ1v) is 12.7. The first kappa shape index (κ1) is 22.5. The lowest BCUT2D eigenvalue weighted by molar-refractivity contribution is 0.102. The second kappa shape index (κ2) is 9.13. The van der Waals surface area contributed by atoms with Crippen LogP contribution in [0, 0.1) is 0 Å². The van der Waals surface area contributed by atoms with Crippen molar-refractivity contribution in [1.82, 2.24) is 14.3 Å². The molecule has 2 aromatic carbocycles. The van der Waals surface area contributed by atoms with Crippen LogP contribution in [0.4, 0.5) is 5.69 Å². The monoisotopic (exact) mass is 492 g/mol. The molecule has 7 nitrogen and oxygen atoms in total. The lowest BCUT2D eigenvalue weighted by Gasteiger charge is -2.16. The van der Waals surface area contributed by atoms with Gasteiger partial charge in [0.1, 0.15) is 0 Å². The van der Waals surface area contributed by atoms with Gasteiger partial charge >= 0.3 is 0 Å². The third-order valence-electron chi connectivity index (χ3n) is 5.81. The van der Waals surface area contributed by atoms with Crippen LogP contribution in [0.25, 0.3) is 22.2 Å². The van der Waals surface area contributed by atoms with Gasteiger partial charge < -0.3 is 5.32 Å². The predicted octanol–water partition coefficient (Wildman–Crippen LogP) is 4.99. The van der Waals surface area contributed by atoms with Crippen LogP contribution < -0.4 is 5.32 Å². The molecule has 1 fully saturated rings. The first-order chi connectivity index (χ1) is 16.4. The summed E-state index contributed by atoms with van der Waals surface area (Å²) >= 11 is 6.20. The molecule has 0 spiro atoms. The minimum Gasteiger partial charge on any atom is -0.322 e. The molecule has 0 unspecified atom stereocenters. The van der Waals surface area contributed by atoms with Gasteiger partial charge in [-0.15, -0.1) is 0 Å². The predicted molar refractivity (Wildman–Crippen MR) is 132 cm³/mol. The van der Waals surface area contributed by atoms with Crippen LogP contribution in [0.15, 0.2) is 78.0 Å². The minimum atomic E-state index is -3.51. The highest BCUT2D eigenvalue weighted by atomic mass is 35.5. The number of halogens is 1. The van der Waals surface area contributed by atoms with E-state index >= 15 is 0 Å². The fourth-order valence-corrected chi connectivity index (χ4v) is 5.73. The molecule has 0 radical (unpaired) electrons. The van der Waals surface area contributed by atoms with Crippen molar-refractivity contribution in [3.63, 3.8) is 0 Å². The third-order valence-corrected chi connectivity index (χ3v) is 7.95. The van der Waals surface area contributed by atoms with Gasteiger partial charge in [-0.3, -0.25) is 9.78 Å². The molecule has 0 bridgehead atoms. The number of amides is 1. The van der Waals surface area contributed by atoms with Gasteiger partial charge in [0, 0.05) is 47.1 Å². The highest BCUT2D eigenvalue weighted by molar-refractivity contribution is 7.89. The molecule has 5 rings (SSSR count). The standard InChI is InChI=1S/C25H21ClN4O3S/c26-18-3-8-23-21(15-18)22(16-24(29-23)17-9-11-27-12-10-17)25(31)28-19-4-6-20(7-5-19)34(32,33)30-13-1-2-14-30/h3-12,15-16H,1-2,13-14H2,(H,28,31). The Bertz CT molecular complexity index is 1470. The Labute approximate surface area is 202 Å². The van der Waals surface area contributed by atoms with Gasteiger partial charge in [0.25, 0.3) is 5.91 Å². The maximum atomic E-state index is 13.3. The number of benzene rings is 2. The molecule has 1 amide bonds. The molecular weight excluding hydrogens is 472 g/mol. The topological polar surface area (TPSA) is 92.3 Å². The number of rotatable bonds is 5. The second-order valence-electron chi connectivity index (χ2n) is 8.04. The Kier molecular flexibility index (Phi) is 6.03. The SMILES string of the molecule is O=C(Nc1ccc(S(=O)(=O)N2CCCC2)cc1)c1cc(-c2ccncc2)nc2ccc(Cl)cc12. The lowest BCUT2D eigenvalue weighted by atomic mass is 10.0. The number of nitrogens with zero attached hydrogens (tertiary/aromatic N) is 3. The number of anilines is 1. The number of fused-ring (bicyclic) bond motifs is 1. The van der Waals surface area contributed by atoms with E-state index in [0.717, 1.165) is 18.4 Å². The Hall–Kier alpha value is -3.33. The van der Waals surface area contributed by atoms with Crippen molar-refractivity contribution in [2.24, 2.45) is 0 Å². The Morgan fingerprint density at radius 2 is 1.65 bits per heavy atom. The Balaban J connectivity index is 1.47. The number of carbonyl (C=O) groups excluding carboxylic acids is 1. The Morgan fingerprint density at radius 1 is 0.941 bits per heavy atom. The van der Waals surface area contributed by atoms with E-state index in [9.17, 15) is 13.2 Å². The van der Waals surface area contributed by atoms with E-state index in [1.165, 1.54) is 16.4 Å². The summed E-state index contributed by atoms with van der Waals surface area (Å²) in [7, 11) is -3.51. The van der Waals surface area contributed by atoms with Crippen LogP contribution in [-0.4, -0.2) is 41.7 Å². The largest absolute Gasteiger partial charge is 0.322 e. The molecule has 9 heteroatoms. The summed E-state index contributed by atoms with van der Waals surface area (Å²) in [6.45, 7) is 1.08. The van der Waals surface area contributed by atoms with Crippen LogP contribution >= 0.6 is 11.6 Å². The molecule has 34 heavy (non-hydrogen) atoms. The summed E-state index contributed by atoms with van der Waals surface area (Å²) in [6.07, 6.45) is 5.08. The van der Waals surface area contributed by atoms with Crippen molar-refractivity contribution in [1.29, 1.82) is 0 Å². The maximum absolute atomic E-state index is 13.3. The molecule has 0 aliphatic carbocycles. The number of pyridine rings is 2. The number of aromatic nitrogens is 2. The van der Waals surface area contributed by atoms with Crippen molar-refractivity contribution in [3.05, 3.63) is 83.6 Å². The van der Waals surface area contributed by atoms with Gasteiger partial charge in [-0.25, -0.2) is 13.4 Å². The van der Waals surface area contributed by atoms with Gasteiger partial charge in [0.15, 0.2) is 0 Å². The molecule has 0 saturated carbocycles. The molecule has 3 heterocycles. The van der Waals surface area contributed by atoms with Gasteiger partial charge in [0.2, 0.25) is 10.0 Å². The zero-order valence-corrected chi connectivity index (χ0v) is 19.7. The molecule has 1 N–H and O–H groups in total. The number of sulfonamides is 1. The summed E-state index contributed by atoms with van der Waals surface area (Å²) in [6, 6.07) is 16.8. The van der Waals surface area contributed by atoms with E-state index < -0.39 is 10.0 Å². The van der Waals surface area contributed by atoms with Crippen LogP contribution in [0.2, 0.25) is 5.02 Å². The zero-order chi connectivity index (χ0) is 23.7. The molecule has 4 aromatic rings. The number of carbonyl (C=O) groups is 1. The average Bonchev–Trinajstić information content (AvgIpc) is 3.40. The lowest BCUT2D eigenvalue weighted by Crippen LogP contribution is -2.27. The summed E-state index contributed by atoms with van der Waals surface area (Å²) in [4.78, 5) is 22.2. The summed E-state index contributed by atoms with van der Waals surface area (Å²) < 4.78 is 27.0. The van der Waals surface area contributed by atoms with E-state index in [0.29, 0.717) is 46.0 Å². The van der Waals surface area contributed by atoms with E-state index in [1.807, 2.05) is 12.1 Å². The molecule has 172 valence electrons. The normalized spacial score (nSPS) is 14.4. The van der Waals surface area contributed by atoms with Crippen LogP contribution in [0.5, 0.6) is 0 Å². The molecule has 1 aliphatic heterocycles. The minimum absolute atomic E-state index is 0.216. The molecule has 1 saturated heterocycles. The van der Waals surface area contributed by atoms with E-state index in [2.05, 4.69) is 15.3 Å². The maximum Gasteiger partial charge on any atom is 0.256 e. The van der Waals surface area contributed by atoms with Crippen molar-refractivity contribution in [2.75, 3.05) is 18.4 Å².